The Labute approximate surface area is 264 Å². The van der Waals surface area contributed by atoms with E-state index >= 15 is 0 Å². The molecule has 0 aliphatic carbocycles. The van der Waals surface area contributed by atoms with Gasteiger partial charge in [-0.05, 0) is 30.7 Å². The second-order valence-electron chi connectivity index (χ2n) is 13.6. The summed E-state index contributed by atoms with van der Waals surface area (Å²) in [6, 6.07) is 11.0. The van der Waals surface area contributed by atoms with Crippen LogP contribution in [0, 0.1) is 5.92 Å². The number of hydrogen-bond donors (Lipinski definition) is 0. The highest BCUT2D eigenvalue weighted by molar-refractivity contribution is 6.24. The molecule has 1 rings (SSSR count). The topological polar surface area (TPSA) is 0 Å². The molecule has 0 bridgehead atoms. The summed E-state index contributed by atoms with van der Waals surface area (Å²) in [5, 5.41) is 0. The van der Waals surface area contributed by atoms with Gasteiger partial charge in [0, 0.05) is 0 Å². The van der Waals surface area contributed by atoms with Crippen LogP contribution in [0.25, 0.3) is 0 Å². The third-order valence-corrected chi connectivity index (χ3v) is 10.4. The summed E-state index contributed by atoms with van der Waals surface area (Å²) >= 11 is 7.52. The minimum absolute atomic E-state index is 0.0870. The molecular formula is C40H73Cl. The predicted octanol–water partition coefficient (Wildman–Crippen LogP) is 14.8. The average molecular weight is 589 g/mol. The van der Waals surface area contributed by atoms with Gasteiger partial charge in [0.15, 0.2) is 0 Å². The molecule has 0 radical (unpaired) electrons. The number of benzene rings is 1. The molecule has 0 amide bonds. The van der Waals surface area contributed by atoms with E-state index in [9.17, 15) is 0 Å². The van der Waals surface area contributed by atoms with Gasteiger partial charge in [0.1, 0.15) is 0 Å². The van der Waals surface area contributed by atoms with E-state index in [-0.39, 0.29) is 4.87 Å². The van der Waals surface area contributed by atoms with Crippen molar-refractivity contribution < 1.29 is 0 Å². The van der Waals surface area contributed by atoms with Crippen molar-refractivity contribution in [3.8, 4) is 0 Å². The van der Waals surface area contributed by atoms with Gasteiger partial charge in [0.25, 0.3) is 0 Å². The first-order chi connectivity index (χ1) is 20.1. The highest BCUT2D eigenvalue weighted by Crippen LogP contribution is 2.38. The fraction of sp³-hybridized carbons (Fsp3) is 0.850. The number of alkyl halides is 1. The third-order valence-electron chi connectivity index (χ3n) is 9.66. The molecule has 0 N–H and O–H groups in total. The second kappa shape index (κ2) is 28.3. The minimum Gasteiger partial charge on any atom is -0.119 e. The van der Waals surface area contributed by atoms with Gasteiger partial charge in [-0.25, -0.2) is 0 Å². The first-order valence-corrected chi connectivity index (χ1v) is 19.2. The lowest BCUT2D eigenvalue weighted by atomic mass is 9.80. The van der Waals surface area contributed by atoms with Crippen molar-refractivity contribution in [3.63, 3.8) is 0 Å². The first-order valence-electron chi connectivity index (χ1n) is 18.8. The maximum absolute atomic E-state index is 7.52. The van der Waals surface area contributed by atoms with E-state index in [4.69, 9.17) is 11.6 Å². The van der Waals surface area contributed by atoms with Crippen LogP contribution in [-0.2, 0) is 6.42 Å². The van der Waals surface area contributed by atoms with Crippen LogP contribution in [0.1, 0.15) is 206 Å². The van der Waals surface area contributed by atoms with Crippen LogP contribution >= 0.6 is 11.6 Å². The molecule has 0 aliphatic rings. The summed E-state index contributed by atoms with van der Waals surface area (Å²) in [6.45, 7) is 7.05. The van der Waals surface area contributed by atoms with Crippen LogP contribution in [0.2, 0.25) is 0 Å². The first kappa shape index (κ1) is 38.5. The van der Waals surface area contributed by atoms with E-state index in [1.54, 1.807) is 0 Å². The van der Waals surface area contributed by atoms with Crippen molar-refractivity contribution in [1.29, 1.82) is 0 Å². The largest absolute Gasteiger partial charge is 0.119 e. The minimum atomic E-state index is -0.0870. The quantitative estimate of drug-likeness (QED) is 0.0597. The molecule has 1 heteroatoms. The van der Waals surface area contributed by atoms with E-state index in [0.29, 0.717) is 5.92 Å². The van der Waals surface area contributed by atoms with Crippen LogP contribution in [0.4, 0.5) is 0 Å². The number of halogens is 1. The lowest BCUT2D eigenvalue weighted by Crippen LogP contribution is -2.33. The summed E-state index contributed by atoms with van der Waals surface area (Å²) < 4.78 is 0. The second-order valence-corrected chi connectivity index (χ2v) is 14.4. The normalized spacial score (nSPS) is 13.9. The maximum Gasteiger partial charge on any atom is 0.0512 e. The molecule has 0 aromatic heterocycles. The van der Waals surface area contributed by atoms with Crippen molar-refractivity contribution in [2.24, 2.45) is 5.92 Å². The Bertz CT molecular complexity index is 639. The highest BCUT2D eigenvalue weighted by atomic mass is 35.5. The molecule has 0 fully saturated rings. The summed E-state index contributed by atoms with van der Waals surface area (Å²) in [5.74, 6) is 0.578. The van der Waals surface area contributed by atoms with Crippen molar-refractivity contribution >= 4 is 11.6 Å². The molecule has 1 aromatic carbocycles. The number of unbranched alkanes of at least 4 members (excludes halogenated alkanes) is 24. The number of rotatable bonds is 31. The van der Waals surface area contributed by atoms with E-state index in [1.165, 1.54) is 185 Å². The number of hydrogen-bond acceptors (Lipinski definition) is 0. The van der Waals surface area contributed by atoms with Gasteiger partial charge in [-0.15, -0.1) is 11.6 Å². The Morgan fingerprint density at radius 3 is 1.22 bits per heavy atom. The Kier molecular flexibility index (Phi) is 26.6. The molecule has 2 atom stereocenters. The lowest BCUT2D eigenvalue weighted by molar-refractivity contribution is 0.326. The van der Waals surface area contributed by atoms with Gasteiger partial charge in [0.05, 0.1) is 4.87 Å². The van der Waals surface area contributed by atoms with E-state index < -0.39 is 0 Å². The van der Waals surface area contributed by atoms with Crippen molar-refractivity contribution in [3.05, 3.63) is 35.9 Å². The molecule has 41 heavy (non-hydrogen) atoms. The van der Waals surface area contributed by atoms with Crippen molar-refractivity contribution in [2.45, 2.75) is 212 Å². The van der Waals surface area contributed by atoms with Crippen molar-refractivity contribution in [1.82, 2.24) is 0 Å². The van der Waals surface area contributed by atoms with Crippen molar-refractivity contribution in [2.75, 3.05) is 0 Å². The summed E-state index contributed by atoms with van der Waals surface area (Å²) in [7, 11) is 0. The van der Waals surface area contributed by atoms with Gasteiger partial charge < -0.3 is 0 Å². The zero-order valence-electron chi connectivity index (χ0n) is 28.3. The molecule has 0 saturated carbocycles. The fourth-order valence-corrected chi connectivity index (χ4v) is 7.00. The zero-order chi connectivity index (χ0) is 29.7. The smallest absolute Gasteiger partial charge is 0.0512 e. The Hall–Kier alpha value is -0.490. The molecular weight excluding hydrogens is 516 g/mol. The fourth-order valence-electron chi connectivity index (χ4n) is 6.61. The Morgan fingerprint density at radius 2 is 0.829 bits per heavy atom. The van der Waals surface area contributed by atoms with Gasteiger partial charge in [-0.3, -0.25) is 0 Å². The monoisotopic (exact) mass is 589 g/mol. The molecule has 0 aliphatic heterocycles. The molecule has 2 unspecified atom stereocenters. The third kappa shape index (κ3) is 22.7. The summed E-state index contributed by atoms with van der Waals surface area (Å²) in [4.78, 5) is -0.0870. The lowest BCUT2D eigenvalue weighted by Gasteiger charge is -2.34. The van der Waals surface area contributed by atoms with Gasteiger partial charge >= 0.3 is 0 Å². The van der Waals surface area contributed by atoms with E-state index in [2.05, 4.69) is 51.1 Å². The van der Waals surface area contributed by atoms with Crippen LogP contribution in [0.5, 0.6) is 0 Å². The molecule has 240 valence electrons. The molecule has 0 heterocycles. The maximum atomic E-state index is 7.52. The Balaban J connectivity index is 2.20. The van der Waals surface area contributed by atoms with E-state index in [1.807, 2.05) is 0 Å². The Morgan fingerprint density at radius 1 is 0.488 bits per heavy atom. The van der Waals surface area contributed by atoms with Gasteiger partial charge in [-0.1, -0.05) is 218 Å². The zero-order valence-corrected chi connectivity index (χ0v) is 29.1. The van der Waals surface area contributed by atoms with E-state index in [0.717, 1.165) is 6.42 Å². The van der Waals surface area contributed by atoms with Gasteiger partial charge in [-0.2, -0.15) is 0 Å². The average Bonchev–Trinajstić information content (AvgIpc) is 2.98. The van der Waals surface area contributed by atoms with Crippen LogP contribution in [-0.4, -0.2) is 4.87 Å². The van der Waals surface area contributed by atoms with Crippen LogP contribution in [0.15, 0.2) is 30.3 Å². The molecule has 1 aromatic rings. The molecule has 0 nitrogen and oxygen atoms in total. The summed E-state index contributed by atoms with van der Waals surface area (Å²) in [6.07, 6.45) is 40.4. The standard InChI is InChI=1S/C40H73Cl/c1-4-6-8-10-12-14-16-18-19-21-23-25-27-32-36-40(41,37-39-34-30-28-31-35-39)38(3)33-29-26-24-22-20-17-15-13-11-9-7-5-2/h28,30-31,34-35,38H,4-27,29,32-33,36-37H2,1-3H3. The van der Waals surface area contributed by atoms with Gasteiger partial charge in [0.2, 0.25) is 0 Å². The van der Waals surface area contributed by atoms with Crippen LogP contribution in [0.3, 0.4) is 0 Å². The summed E-state index contributed by atoms with van der Waals surface area (Å²) in [5.41, 5.74) is 1.41. The molecule has 0 spiro atoms. The SMILES string of the molecule is CCCCCCCCCCCCCCCCC(Cl)(Cc1ccccc1)C(C)CCCCCCCCCCCCCC. The highest BCUT2D eigenvalue weighted by Gasteiger charge is 2.33. The van der Waals surface area contributed by atoms with Crippen LogP contribution < -0.4 is 0 Å². The predicted molar refractivity (Wildman–Crippen MR) is 189 cm³/mol. The molecule has 0 saturated heterocycles.